The van der Waals surface area contributed by atoms with E-state index in [2.05, 4.69) is 15.9 Å². The third-order valence-electron chi connectivity index (χ3n) is 2.27. The van der Waals surface area contributed by atoms with Crippen molar-refractivity contribution in [2.45, 2.75) is 0 Å². The monoisotopic (exact) mass is 247 g/mol. The molecule has 0 fully saturated rings. The van der Waals surface area contributed by atoms with Crippen molar-refractivity contribution in [2.24, 2.45) is 0 Å². The van der Waals surface area contributed by atoms with Gasteiger partial charge in [0.25, 0.3) is 0 Å². The molecule has 0 N–H and O–H groups in total. The van der Waals surface area contributed by atoms with Gasteiger partial charge in [0.1, 0.15) is 11.2 Å². The Bertz CT molecular complexity index is 657. The van der Waals surface area contributed by atoms with Gasteiger partial charge in [-0.25, -0.2) is 0 Å². The molecule has 1 heterocycles. The zero-order chi connectivity index (χ0) is 10.4. The van der Waals surface area contributed by atoms with Crippen molar-refractivity contribution in [3.8, 4) is 0 Å². The van der Waals surface area contributed by atoms with E-state index in [4.69, 9.17) is 5.79 Å². The summed E-state index contributed by atoms with van der Waals surface area (Å²) in [6.07, 6.45) is 0. The molecule has 0 unspecified atom stereocenters. The van der Waals surface area contributed by atoms with Crippen LogP contribution in [-0.4, -0.2) is 0 Å². The first-order valence-electron chi connectivity index (χ1n) is 4.84. The van der Waals surface area contributed by atoms with Crippen LogP contribution >= 0.6 is 15.9 Å². The molecule has 3 aromatic rings. The summed E-state index contributed by atoms with van der Waals surface area (Å²) in [6.45, 7) is 0. The molecular formula is C12H7BrO. The summed E-state index contributed by atoms with van der Waals surface area (Å²) in [6, 6.07) is 11.9. The van der Waals surface area contributed by atoms with Gasteiger partial charge in [0.15, 0.2) is 0 Å². The van der Waals surface area contributed by atoms with E-state index in [0.29, 0.717) is 6.04 Å². The molecule has 14 heavy (non-hydrogen) atoms. The number of furan rings is 1. The predicted octanol–water partition coefficient (Wildman–Crippen LogP) is 4.35. The Morgan fingerprint density at radius 2 is 1.93 bits per heavy atom. The third kappa shape index (κ3) is 1.01. The fourth-order valence-corrected chi connectivity index (χ4v) is 2.04. The highest BCUT2D eigenvalue weighted by Crippen LogP contribution is 2.32. The Morgan fingerprint density at radius 1 is 1.07 bits per heavy atom. The van der Waals surface area contributed by atoms with Crippen LogP contribution in [0.3, 0.4) is 0 Å². The van der Waals surface area contributed by atoms with Crippen LogP contribution in [0.1, 0.15) is 1.37 Å². The van der Waals surface area contributed by atoms with Gasteiger partial charge in [-0.15, -0.1) is 0 Å². The van der Waals surface area contributed by atoms with Gasteiger partial charge in [0, 0.05) is 10.8 Å². The van der Waals surface area contributed by atoms with Gasteiger partial charge in [0.2, 0.25) is 0 Å². The number of hydrogen-bond acceptors (Lipinski definition) is 1. The lowest BCUT2D eigenvalue weighted by molar-refractivity contribution is 0.667. The Labute approximate surface area is 90.9 Å². The van der Waals surface area contributed by atoms with Gasteiger partial charge >= 0.3 is 0 Å². The second-order valence-electron chi connectivity index (χ2n) is 3.13. The standard InChI is InChI=1S/C12H7BrO/c13-10-6-3-5-9-8-4-1-2-7-11(8)14-12(9)10/h1-7H/i5D. The summed E-state index contributed by atoms with van der Waals surface area (Å²) < 4.78 is 14.5. The van der Waals surface area contributed by atoms with E-state index in [1.165, 1.54) is 0 Å². The molecule has 0 aliphatic carbocycles. The highest BCUT2D eigenvalue weighted by molar-refractivity contribution is 9.10. The average molecular weight is 248 g/mol. The Hall–Kier alpha value is -1.28. The predicted molar refractivity (Wildman–Crippen MR) is 61.4 cm³/mol. The molecule has 0 spiro atoms. The van der Waals surface area contributed by atoms with Gasteiger partial charge in [-0.1, -0.05) is 30.3 Å². The minimum atomic E-state index is 0.498. The van der Waals surface area contributed by atoms with Crippen LogP contribution in [0, 0.1) is 0 Å². The second kappa shape index (κ2) is 2.85. The van der Waals surface area contributed by atoms with E-state index in [1.54, 1.807) is 6.07 Å². The molecule has 0 atom stereocenters. The fraction of sp³-hybridized carbons (Fsp3) is 0. The number of para-hydroxylation sites is 2. The summed E-state index contributed by atoms with van der Waals surface area (Å²) in [5.74, 6) is 0. The van der Waals surface area contributed by atoms with E-state index in [9.17, 15) is 0 Å². The second-order valence-corrected chi connectivity index (χ2v) is 3.98. The van der Waals surface area contributed by atoms with Crippen molar-refractivity contribution in [3.05, 3.63) is 46.9 Å². The zero-order valence-electron chi connectivity index (χ0n) is 8.25. The zero-order valence-corrected chi connectivity index (χ0v) is 8.84. The van der Waals surface area contributed by atoms with E-state index in [1.807, 2.05) is 30.3 Å². The van der Waals surface area contributed by atoms with Gasteiger partial charge in [-0.3, -0.25) is 0 Å². The SMILES string of the molecule is [2H]c1ccc(Br)c2oc3ccccc3c12. The van der Waals surface area contributed by atoms with Crippen molar-refractivity contribution >= 4 is 37.9 Å². The van der Waals surface area contributed by atoms with Crippen LogP contribution in [0.2, 0.25) is 0 Å². The third-order valence-corrected chi connectivity index (χ3v) is 2.89. The van der Waals surface area contributed by atoms with Crippen LogP contribution in [0.5, 0.6) is 0 Å². The molecule has 0 radical (unpaired) electrons. The minimum Gasteiger partial charge on any atom is -0.455 e. The van der Waals surface area contributed by atoms with E-state index >= 15 is 0 Å². The van der Waals surface area contributed by atoms with Crippen LogP contribution in [-0.2, 0) is 0 Å². The first-order chi connectivity index (χ1) is 7.27. The van der Waals surface area contributed by atoms with Crippen molar-refractivity contribution in [3.63, 3.8) is 0 Å². The molecule has 1 nitrogen and oxygen atoms in total. The Balaban J connectivity index is 2.66. The Kier molecular flexibility index (Phi) is 1.44. The largest absolute Gasteiger partial charge is 0.455 e. The maximum atomic E-state index is 7.88. The number of halogens is 1. The highest BCUT2D eigenvalue weighted by atomic mass is 79.9. The fourth-order valence-electron chi connectivity index (χ4n) is 1.63. The lowest BCUT2D eigenvalue weighted by Crippen LogP contribution is -1.66. The van der Waals surface area contributed by atoms with Crippen molar-refractivity contribution < 1.29 is 5.79 Å². The molecule has 0 saturated carbocycles. The first-order valence-corrected chi connectivity index (χ1v) is 5.13. The lowest BCUT2D eigenvalue weighted by atomic mass is 10.2. The van der Waals surface area contributed by atoms with Crippen molar-refractivity contribution in [1.82, 2.24) is 0 Å². The molecule has 2 aromatic carbocycles. The lowest BCUT2D eigenvalue weighted by Gasteiger charge is -1.89. The number of hydrogen-bond donors (Lipinski definition) is 0. The summed E-state index contributed by atoms with van der Waals surface area (Å²) in [7, 11) is 0. The summed E-state index contributed by atoms with van der Waals surface area (Å²) in [4.78, 5) is 0. The average Bonchev–Trinajstić information content (AvgIpc) is 2.64. The molecule has 0 aliphatic heterocycles. The van der Waals surface area contributed by atoms with Crippen molar-refractivity contribution in [1.29, 1.82) is 0 Å². The number of fused-ring (bicyclic) bond motifs is 3. The molecule has 3 rings (SSSR count). The van der Waals surface area contributed by atoms with Gasteiger partial charge in [-0.2, -0.15) is 0 Å². The quantitative estimate of drug-likeness (QED) is 0.576. The van der Waals surface area contributed by atoms with Gasteiger partial charge in [-0.05, 0) is 28.1 Å². The van der Waals surface area contributed by atoms with Gasteiger partial charge < -0.3 is 4.42 Å². The van der Waals surface area contributed by atoms with Crippen molar-refractivity contribution in [2.75, 3.05) is 0 Å². The van der Waals surface area contributed by atoms with Gasteiger partial charge in [0.05, 0.1) is 5.84 Å². The topological polar surface area (TPSA) is 13.1 Å². The first kappa shape index (κ1) is 7.07. The van der Waals surface area contributed by atoms with Crippen LogP contribution in [0.25, 0.3) is 21.9 Å². The van der Waals surface area contributed by atoms with Crippen LogP contribution in [0.15, 0.2) is 51.3 Å². The molecular weight excluding hydrogens is 240 g/mol. The Morgan fingerprint density at radius 3 is 2.86 bits per heavy atom. The highest BCUT2D eigenvalue weighted by Gasteiger charge is 2.07. The molecule has 68 valence electrons. The van der Waals surface area contributed by atoms with E-state index < -0.39 is 0 Å². The number of rotatable bonds is 0. The van der Waals surface area contributed by atoms with Crippen LogP contribution in [0.4, 0.5) is 0 Å². The molecule has 0 aliphatic rings. The minimum absolute atomic E-state index is 0.498. The summed E-state index contributed by atoms with van der Waals surface area (Å²) in [5.41, 5.74) is 1.58. The normalized spacial score (nSPS) is 12.2. The van der Waals surface area contributed by atoms with Crippen LogP contribution < -0.4 is 0 Å². The number of benzene rings is 2. The maximum Gasteiger partial charge on any atom is 0.149 e. The van der Waals surface area contributed by atoms with E-state index in [0.717, 1.165) is 26.4 Å². The maximum absolute atomic E-state index is 7.88. The van der Waals surface area contributed by atoms with E-state index in [-0.39, 0.29) is 0 Å². The molecule has 1 aromatic heterocycles. The summed E-state index contributed by atoms with van der Waals surface area (Å²) in [5, 5.41) is 1.87. The molecule has 0 saturated heterocycles. The smallest absolute Gasteiger partial charge is 0.149 e. The summed E-state index contributed by atoms with van der Waals surface area (Å²) >= 11 is 3.43. The molecule has 2 heteroatoms. The molecule has 0 bridgehead atoms. The molecule has 0 amide bonds.